The summed E-state index contributed by atoms with van der Waals surface area (Å²) in [5.41, 5.74) is 2.34. The number of hydrogen-bond acceptors (Lipinski definition) is 6. The van der Waals surface area contributed by atoms with Crippen LogP contribution in [0.25, 0.3) is 0 Å². The van der Waals surface area contributed by atoms with E-state index < -0.39 is 11.5 Å². The maximum absolute atomic E-state index is 12.8. The number of Topliss-reactive ketones (excluding diaryl/α,β-unsaturated/α-hetero) is 1. The molecular weight excluding hydrogens is 508 g/mol. The lowest BCUT2D eigenvalue weighted by Gasteiger charge is -2.27. The Hall–Kier alpha value is -3.91. The van der Waals surface area contributed by atoms with Gasteiger partial charge in [0.25, 0.3) is 0 Å². The molecule has 2 aromatic rings. The van der Waals surface area contributed by atoms with Crippen LogP contribution in [-0.2, 0) is 25.5 Å². The highest BCUT2D eigenvalue weighted by Gasteiger charge is 2.35. The zero-order chi connectivity index (χ0) is 28.9. The van der Waals surface area contributed by atoms with Crippen molar-refractivity contribution in [1.82, 2.24) is 4.90 Å². The highest BCUT2D eigenvalue weighted by molar-refractivity contribution is 6.11. The average molecular weight is 547 g/mol. The van der Waals surface area contributed by atoms with Crippen LogP contribution in [0.15, 0.2) is 72.5 Å². The van der Waals surface area contributed by atoms with Gasteiger partial charge in [0.05, 0.1) is 19.6 Å². The van der Waals surface area contributed by atoms with Gasteiger partial charge in [-0.25, -0.2) is 4.79 Å². The van der Waals surface area contributed by atoms with E-state index in [1.54, 1.807) is 37.3 Å². The minimum absolute atomic E-state index is 0.00483. The Bertz CT molecular complexity index is 1290. The summed E-state index contributed by atoms with van der Waals surface area (Å²) in [5, 5.41) is 2.82. The summed E-state index contributed by atoms with van der Waals surface area (Å²) < 4.78 is 16.5. The van der Waals surface area contributed by atoms with Gasteiger partial charge in [-0.2, -0.15) is 0 Å². The number of hydrogen-bond donors (Lipinski definition) is 1. The molecule has 0 aliphatic heterocycles. The van der Waals surface area contributed by atoms with Crippen LogP contribution in [0.2, 0.25) is 0 Å². The first kappa shape index (κ1) is 29.1. The van der Waals surface area contributed by atoms with Crippen molar-refractivity contribution in [2.24, 2.45) is 0 Å². The zero-order valence-corrected chi connectivity index (χ0v) is 23.8. The van der Waals surface area contributed by atoms with Crippen molar-refractivity contribution < 1.29 is 28.6 Å². The number of allylic oxidation sites excluding steroid dienone is 1. The van der Waals surface area contributed by atoms with Gasteiger partial charge in [0.15, 0.2) is 5.78 Å². The van der Waals surface area contributed by atoms with Crippen LogP contribution in [0.5, 0.6) is 0 Å². The lowest BCUT2D eigenvalue weighted by atomic mass is 9.88. The monoisotopic (exact) mass is 546 g/mol. The fourth-order valence-electron chi connectivity index (χ4n) is 4.62. The van der Waals surface area contributed by atoms with E-state index in [9.17, 15) is 14.4 Å². The van der Waals surface area contributed by atoms with Crippen LogP contribution in [0, 0.1) is 0 Å². The highest BCUT2D eigenvalue weighted by atomic mass is 16.6. The number of ether oxygens (including phenoxy) is 3. The molecule has 0 aromatic heterocycles. The molecule has 1 saturated carbocycles. The Morgan fingerprint density at radius 2 is 1.75 bits per heavy atom. The number of carbonyl (C=O) groups excluding carboxylic acids is 3. The predicted molar refractivity (Wildman–Crippen MR) is 153 cm³/mol. The van der Waals surface area contributed by atoms with E-state index in [0.717, 1.165) is 29.7 Å². The Morgan fingerprint density at radius 3 is 2.38 bits per heavy atom. The van der Waals surface area contributed by atoms with Gasteiger partial charge in [0.2, 0.25) is 5.91 Å². The molecule has 8 nitrogen and oxygen atoms in total. The molecule has 2 amide bonds. The molecule has 0 saturated heterocycles. The minimum atomic E-state index is -0.572. The van der Waals surface area contributed by atoms with Gasteiger partial charge < -0.3 is 24.4 Å². The third kappa shape index (κ3) is 7.82. The fourth-order valence-corrected chi connectivity index (χ4v) is 4.62. The molecule has 212 valence electrons. The van der Waals surface area contributed by atoms with Crippen molar-refractivity contribution >= 4 is 23.5 Å². The molecule has 8 heteroatoms. The number of rotatable bonds is 10. The number of carbonyl (C=O) groups is 3. The van der Waals surface area contributed by atoms with Gasteiger partial charge in [-0.05, 0) is 69.0 Å². The van der Waals surface area contributed by atoms with Gasteiger partial charge in [0, 0.05) is 36.9 Å². The second-order valence-electron chi connectivity index (χ2n) is 11.2. The van der Waals surface area contributed by atoms with Gasteiger partial charge in [-0.15, -0.1) is 0 Å². The van der Waals surface area contributed by atoms with Crippen molar-refractivity contribution in [2.75, 3.05) is 19.5 Å². The van der Waals surface area contributed by atoms with Crippen LogP contribution in [-0.4, -0.2) is 54.7 Å². The normalized spacial score (nSPS) is 18.5. The van der Waals surface area contributed by atoms with Crippen molar-refractivity contribution in [3.05, 3.63) is 89.2 Å². The molecule has 2 aliphatic carbocycles. The summed E-state index contributed by atoms with van der Waals surface area (Å²) in [5.74, 6) is 0.0721. The maximum atomic E-state index is 12.8. The number of anilines is 1. The second kappa shape index (κ2) is 12.5. The van der Waals surface area contributed by atoms with E-state index in [4.69, 9.17) is 14.2 Å². The summed E-state index contributed by atoms with van der Waals surface area (Å²) in [6.45, 7) is 5.93. The maximum Gasteiger partial charge on any atom is 0.410 e. The third-order valence-corrected chi connectivity index (χ3v) is 6.78. The number of benzene rings is 2. The van der Waals surface area contributed by atoms with E-state index in [-0.39, 0.29) is 36.4 Å². The third-order valence-electron chi connectivity index (χ3n) is 6.78. The lowest BCUT2D eigenvalue weighted by molar-refractivity contribution is -0.115. The van der Waals surface area contributed by atoms with E-state index in [1.807, 2.05) is 69.3 Å². The molecule has 0 heterocycles. The molecule has 40 heavy (non-hydrogen) atoms. The van der Waals surface area contributed by atoms with Crippen molar-refractivity contribution in [3.8, 4) is 0 Å². The fraction of sp³-hybridized carbons (Fsp3) is 0.406. The zero-order valence-electron chi connectivity index (χ0n) is 23.8. The summed E-state index contributed by atoms with van der Waals surface area (Å²) >= 11 is 0. The number of ketones is 1. The molecule has 0 radical (unpaired) electrons. The smallest absolute Gasteiger partial charge is 0.410 e. The van der Waals surface area contributed by atoms with Gasteiger partial charge in [-0.3, -0.25) is 9.59 Å². The van der Waals surface area contributed by atoms with Gasteiger partial charge >= 0.3 is 6.09 Å². The van der Waals surface area contributed by atoms with Crippen molar-refractivity contribution in [1.29, 1.82) is 0 Å². The first-order chi connectivity index (χ1) is 19.1. The molecular formula is C32H38N2O6. The molecule has 2 atom stereocenters. The van der Waals surface area contributed by atoms with Crippen molar-refractivity contribution in [3.63, 3.8) is 0 Å². The molecule has 2 unspecified atom stereocenters. The van der Waals surface area contributed by atoms with Crippen LogP contribution >= 0.6 is 0 Å². The molecule has 4 rings (SSSR count). The van der Waals surface area contributed by atoms with Crippen LogP contribution in [0.1, 0.15) is 67.4 Å². The first-order valence-corrected chi connectivity index (χ1v) is 13.5. The van der Waals surface area contributed by atoms with E-state index in [0.29, 0.717) is 17.8 Å². The number of methoxy groups -OCH3 is 2. The Balaban J connectivity index is 1.34. The molecule has 1 N–H and O–H groups in total. The van der Waals surface area contributed by atoms with Crippen molar-refractivity contribution in [2.45, 2.75) is 70.2 Å². The molecule has 0 bridgehead atoms. The van der Waals surface area contributed by atoms with Gasteiger partial charge in [0.1, 0.15) is 11.4 Å². The summed E-state index contributed by atoms with van der Waals surface area (Å²) in [7, 11) is 3.27. The van der Waals surface area contributed by atoms with Gasteiger partial charge in [-0.1, -0.05) is 42.5 Å². The molecule has 1 fully saturated rings. The Morgan fingerprint density at radius 1 is 1.02 bits per heavy atom. The summed E-state index contributed by atoms with van der Waals surface area (Å²) in [6, 6.07) is 14.7. The largest absolute Gasteiger partial charge is 0.497 e. The standard InChI is InChI=1S/C32H38N2O6/c1-32(2,3)40-31(37)34(25-13-14-25)20-21-7-6-8-24(17-21)33-30(36)19-28(35)23-11-9-22(10-12-23)27-16-15-26(38-4)18-29(27)39-5/h6-12,15-18,25,27,29H,13-14,19-20H2,1-5H3,(H,33,36). The Kier molecular flexibility index (Phi) is 9.10. The quantitative estimate of drug-likeness (QED) is 0.290. The topological polar surface area (TPSA) is 94.2 Å². The van der Waals surface area contributed by atoms with E-state index in [1.165, 1.54) is 0 Å². The Labute approximate surface area is 236 Å². The summed E-state index contributed by atoms with van der Waals surface area (Å²) in [4.78, 5) is 40.0. The second-order valence-corrected chi connectivity index (χ2v) is 11.2. The molecule has 2 aliphatic rings. The SMILES string of the molecule is COC1=CC(OC)C(c2ccc(C(=O)CC(=O)Nc3cccc(CN(C(=O)OC(C)(C)C)C4CC4)c3)cc2)C=C1. The molecule has 0 spiro atoms. The van der Waals surface area contributed by atoms with Crippen LogP contribution < -0.4 is 5.32 Å². The average Bonchev–Trinajstić information content (AvgIpc) is 3.76. The van der Waals surface area contributed by atoms with Crippen LogP contribution in [0.3, 0.4) is 0 Å². The predicted octanol–water partition coefficient (Wildman–Crippen LogP) is 6.00. The highest BCUT2D eigenvalue weighted by Crippen LogP contribution is 2.31. The number of nitrogens with one attached hydrogen (secondary N) is 1. The molecule has 2 aromatic carbocycles. The van der Waals surface area contributed by atoms with Crippen LogP contribution in [0.4, 0.5) is 10.5 Å². The first-order valence-electron chi connectivity index (χ1n) is 13.5. The van der Waals surface area contributed by atoms with E-state index in [2.05, 4.69) is 5.32 Å². The summed E-state index contributed by atoms with van der Waals surface area (Å²) in [6.07, 6.45) is 6.95. The van der Waals surface area contributed by atoms with E-state index >= 15 is 0 Å². The lowest BCUT2D eigenvalue weighted by Crippen LogP contribution is -2.37. The number of amides is 2. The number of nitrogens with zero attached hydrogens (tertiary/aromatic N) is 1. The minimum Gasteiger partial charge on any atom is -0.497 e.